The van der Waals surface area contributed by atoms with Crippen molar-refractivity contribution in [2.24, 2.45) is 0 Å². The van der Waals surface area contributed by atoms with Gasteiger partial charge in [0.1, 0.15) is 0 Å². The van der Waals surface area contributed by atoms with Crippen molar-refractivity contribution in [1.29, 1.82) is 0 Å². The van der Waals surface area contributed by atoms with Crippen LogP contribution < -0.4 is 8.70 Å². The zero-order valence-corrected chi connectivity index (χ0v) is 11.9. The zero-order chi connectivity index (χ0) is 11.5. The van der Waals surface area contributed by atoms with Crippen LogP contribution in [0, 0.1) is 13.8 Å². The molecule has 0 unspecified atom stereocenters. The van der Waals surface area contributed by atoms with Crippen molar-refractivity contribution < 1.29 is 0 Å². The van der Waals surface area contributed by atoms with Gasteiger partial charge in [0, 0.05) is 0 Å². The van der Waals surface area contributed by atoms with Gasteiger partial charge < -0.3 is 0 Å². The Bertz CT molecular complexity index is 443. The maximum absolute atomic E-state index is 2.41. The van der Waals surface area contributed by atoms with Gasteiger partial charge in [-0.25, -0.2) is 0 Å². The molecule has 2 rings (SSSR count). The van der Waals surface area contributed by atoms with Gasteiger partial charge >= 0.3 is 103 Å². The van der Waals surface area contributed by atoms with Crippen LogP contribution in [0.2, 0.25) is 5.71 Å². The molecule has 82 valence electrons. The first-order valence-corrected chi connectivity index (χ1v) is 9.29. The SMILES string of the molecule is Cc1cccc([As](C)c2cccc(C)c2)c1. The molecule has 0 radical (unpaired) electrons. The fourth-order valence-electron chi connectivity index (χ4n) is 1.82. The Morgan fingerprint density at radius 3 is 1.56 bits per heavy atom. The molecule has 0 N–H and O–H groups in total. The molecule has 0 saturated heterocycles. The predicted molar refractivity (Wildman–Crippen MR) is 73.2 cm³/mol. The summed E-state index contributed by atoms with van der Waals surface area (Å²) in [5, 5.41) is 0. The number of rotatable bonds is 2. The topological polar surface area (TPSA) is 0 Å². The molecular formula is C15H17As. The second-order valence-electron chi connectivity index (χ2n) is 4.24. The van der Waals surface area contributed by atoms with Crippen LogP contribution in [0.1, 0.15) is 11.1 Å². The second kappa shape index (κ2) is 4.89. The molecule has 1 heteroatoms. The molecule has 0 heterocycles. The van der Waals surface area contributed by atoms with E-state index in [1.807, 2.05) is 0 Å². The van der Waals surface area contributed by atoms with Crippen LogP contribution in [-0.2, 0) is 0 Å². The quantitative estimate of drug-likeness (QED) is 0.737. The summed E-state index contributed by atoms with van der Waals surface area (Å²) in [7, 11) is 0. The van der Waals surface area contributed by atoms with Gasteiger partial charge in [-0.05, 0) is 0 Å². The van der Waals surface area contributed by atoms with Crippen molar-refractivity contribution in [3.63, 3.8) is 0 Å². The van der Waals surface area contributed by atoms with Crippen LogP contribution in [0.25, 0.3) is 0 Å². The van der Waals surface area contributed by atoms with Crippen molar-refractivity contribution in [2.75, 3.05) is 0 Å². The minimum atomic E-state index is -1.05. The first kappa shape index (κ1) is 11.5. The molecule has 0 spiro atoms. The molecule has 0 fully saturated rings. The van der Waals surface area contributed by atoms with Gasteiger partial charge in [0.2, 0.25) is 0 Å². The Hall–Kier alpha value is -1.00. The standard InChI is InChI=1S/C15H17As/c1-12-6-4-8-14(10-12)16(3)15-9-5-7-13(2)11-15/h4-11H,1-3H3. The van der Waals surface area contributed by atoms with E-state index in [1.54, 1.807) is 0 Å². The zero-order valence-electron chi connectivity index (χ0n) is 10.1. The summed E-state index contributed by atoms with van der Waals surface area (Å²) in [5.74, 6) is 0. The van der Waals surface area contributed by atoms with Gasteiger partial charge in [-0.15, -0.1) is 0 Å². The van der Waals surface area contributed by atoms with Crippen LogP contribution >= 0.6 is 0 Å². The first-order valence-electron chi connectivity index (χ1n) is 5.54. The van der Waals surface area contributed by atoms with E-state index in [1.165, 1.54) is 19.8 Å². The molecule has 0 amide bonds. The minimum absolute atomic E-state index is 1.05. The van der Waals surface area contributed by atoms with E-state index in [4.69, 9.17) is 0 Å². The Labute approximate surface area is 103 Å². The normalized spacial score (nSPS) is 10.8. The number of aryl methyl sites for hydroxylation is 2. The summed E-state index contributed by atoms with van der Waals surface area (Å²) in [6, 6.07) is 17.9. The molecule has 2 aromatic carbocycles. The van der Waals surface area contributed by atoms with E-state index in [0.29, 0.717) is 0 Å². The fraction of sp³-hybridized carbons (Fsp3) is 0.200. The Balaban J connectivity index is 2.35. The van der Waals surface area contributed by atoms with Gasteiger partial charge in [0.15, 0.2) is 0 Å². The van der Waals surface area contributed by atoms with E-state index < -0.39 is 14.7 Å². The van der Waals surface area contributed by atoms with E-state index in [2.05, 4.69) is 68.1 Å². The summed E-state index contributed by atoms with van der Waals surface area (Å²) >= 11 is -1.05. The van der Waals surface area contributed by atoms with Crippen LogP contribution in [0.5, 0.6) is 0 Å². The Kier molecular flexibility index (Phi) is 3.51. The third kappa shape index (κ3) is 2.57. The van der Waals surface area contributed by atoms with Gasteiger partial charge in [0.05, 0.1) is 0 Å². The number of hydrogen-bond acceptors (Lipinski definition) is 0. The third-order valence-electron chi connectivity index (χ3n) is 2.78. The average molecular weight is 272 g/mol. The van der Waals surface area contributed by atoms with E-state index in [-0.39, 0.29) is 0 Å². The van der Waals surface area contributed by atoms with Gasteiger partial charge in [-0.1, -0.05) is 0 Å². The third-order valence-corrected chi connectivity index (χ3v) is 7.20. The molecule has 0 bridgehead atoms. The summed E-state index contributed by atoms with van der Waals surface area (Å²) in [4.78, 5) is 0. The Morgan fingerprint density at radius 2 is 1.19 bits per heavy atom. The first-order chi connectivity index (χ1) is 7.66. The van der Waals surface area contributed by atoms with Crippen LogP contribution in [-0.4, -0.2) is 14.7 Å². The number of hydrogen-bond donors (Lipinski definition) is 0. The van der Waals surface area contributed by atoms with E-state index in [9.17, 15) is 0 Å². The molecule has 0 nitrogen and oxygen atoms in total. The Morgan fingerprint density at radius 1 is 0.750 bits per heavy atom. The van der Waals surface area contributed by atoms with Crippen molar-refractivity contribution in [3.05, 3.63) is 59.7 Å². The van der Waals surface area contributed by atoms with E-state index >= 15 is 0 Å². The molecule has 0 saturated carbocycles. The van der Waals surface area contributed by atoms with Crippen LogP contribution in [0.4, 0.5) is 0 Å². The molecule has 0 aliphatic carbocycles. The number of benzene rings is 2. The maximum atomic E-state index is 2.41. The van der Waals surface area contributed by atoms with Crippen LogP contribution in [0.3, 0.4) is 0 Å². The summed E-state index contributed by atoms with van der Waals surface area (Å²) in [6.07, 6.45) is 0. The van der Waals surface area contributed by atoms with Gasteiger partial charge in [-0.3, -0.25) is 0 Å². The summed E-state index contributed by atoms with van der Waals surface area (Å²) in [6.45, 7) is 4.34. The van der Waals surface area contributed by atoms with Crippen molar-refractivity contribution >= 4 is 23.4 Å². The van der Waals surface area contributed by atoms with E-state index in [0.717, 1.165) is 0 Å². The molecule has 2 aromatic rings. The molecule has 16 heavy (non-hydrogen) atoms. The van der Waals surface area contributed by atoms with Gasteiger partial charge in [0.25, 0.3) is 0 Å². The fourth-order valence-corrected chi connectivity index (χ4v) is 5.41. The summed E-state index contributed by atoms with van der Waals surface area (Å²) in [5.41, 5.74) is 5.15. The molecule has 0 aromatic heterocycles. The second-order valence-corrected chi connectivity index (χ2v) is 8.75. The molecular weight excluding hydrogens is 255 g/mol. The molecule has 0 atom stereocenters. The monoisotopic (exact) mass is 272 g/mol. The predicted octanol–water partition coefficient (Wildman–Crippen LogP) is 2.54. The van der Waals surface area contributed by atoms with Crippen molar-refractivity contribution in [2.45, 2.75) is 19.6 Å². The summed E-state index contributed by atoms with van der Waals surface area (Å²) < 4.78 is 3.08. The average Bonchev–Trinajstić information content (AvgIpc) is 2.28. The molecule has 0 aliphatic heterocycles. The van der Waals surface area contributed by atoms with Gasteiger partial charge in [-0.2, -0.15) is 0 Å². The van der Waals surface area contributed by atoms with Crippen molar-refractivity contribution in [3.8, 4) is 0 Å². The molecule has 0 aliphatic rings. The van der Waals surface area contributed by atoms with Crippen LogP contribution in [0.15, 0.2) is 48.5 Å². The van der Waals surface area contributed by atoms with Crippen molar-refractivity contribution in [1.82, 2.24) is 0 Å².